The van der Waals surface area contributed by atoms with Crippen LogP contribution in [0.3, 0.4) is 0 Å². The third-order valence-corrected chi connectivity index (χ3v) is 4.64. The standard InChI is InChI=1S/C17H22BrNO/c1-17(2)9-11(6-15(19)10-17)5-13-8-14(18)7-12-3-4-20-16(12)13/h6-8,15H,3-5,9-10,19H2,1-2H3. The zero-order valence-corrected chi connectivity index (χ0v) is 13.8. The van der Waals surface area contributed by atoms with Crippen molar-refractivity contribution < 1.29 is 4.74 Å². The molecule has 0 fully saturated rings. The Balaban J connectivity index is 1.89. The molecule has 108 valence electrons. The van der Waals surface area contributed by atoms with Crippen molar-refractivity contribution >= 4 is 15.9 Å². The molecule has 1 aliphatic heterocycles. The number of hydrogen-bond donors (Lipinski definition) is 1. The number of ether oxygens (including phenoxy) is 1. The van der Waals surface area contributed by atoms with E-state index in [1.54, 1.807) is 0 Å². The van der Waals surface area contributed by atoms with Gasteiger partial charge in [0.1, 0.15) is 5.75 Å². The Hall–Kier alpha value is -0.800. The van der Waals surface area contributed by atoms with Crippen LogP contribution in [0.25, 0.3) is 0 Å². The van der Waals surface area contributed by atoms with Gasteiger partial charge in [-0.25, -0.2) is 0 Å². The van der Waals surface area contributed by atoms with Crippen LogP contribution >= 0.6 is 15.9 Å². The molecule has 20 heavy (non-hydrogen) atoms. The molecule has 0 aromatic heterocycles. The van der Waals surface area contributed by atoms with Crippen LogP contribution in [0.15, 0.2) is 28.3 Å². The van der Waals surface area contributed by atoms with Crippen LogP contribution in [-0.2, 0) is 12.8 Å². The van der Waals surface area contributed by atoms with E-state index >= 15 is 0 Å². The molecule has 2 N–H and O–H groups in total. The van der Waals surface area contributed by atoms with Gasteiger partial charge in [0.05, 0.1) is 6.61 Å². The average molecular weight is 336 g/mol. The lowest BCUT2D eigenvalue weighted by atomic mass is 9.74. The molecular formula is C17H22BrNO. The summed E-state index contributed by atoms with van der Waals surface area (Å²) in [5, 5.41) is 0. The zero-order chi connectivity index (χ0) is 14.3. The monoisotopic (exact) mass is 335 g/mol. The van der Waals surface area contributed by atoms with Gasteiger partial charge in [0.25, 0.3) is 0 Å². The van der Waals surface area contributed by atoms with Crippen molar-refractivity contribution in [3.63, 3.8) is 0 Å². The number of benzene rings is 1. The molecule has 1 aromatic carbocycles. The summed E-state index contributed by atoms with van der Waals surface area (Å²) in [7, 11) is 0. The molecule has 1 heterocycles. The summed E-state index contributed by atoms with van der Waals surface area (Å²) in [5.41, 5.74) is 10.6. The maximum Gasteiger partial charge on any atom is 0.126 e. The first-order chi connectivity index (χ1) is 9.43. The highest BCUT2D eigenvalue weighted by Gasteiger charge is 2.28. The van der Waals surface area contributed by atoms with Gasteiger partial charge in [-0.05, 0) is 47.9 Å². The second kappa shape index (κ2) is 5.19. The number of rotatable bonds is 2. The summed E-state index contributed by atoms with van der Waals surface area (Å²) < 4.78 is 6.98. The van der Waals surface area contributed by atoms with Gasteiger partial charge in [0, 0.05) is 16.9 Å². The Bertz CT molecular complexity index is 562. The van der Waals surface area contributed by atoms with Crippen LogP contribution in [-0.4, -0.2) is 12.6 Å². The van der Waals surface area contributed by atoms with Crippen molar-refractivity contribution in [3.8, 4) is 5.75 Å². The molecule has 1 atom stereocenters. The van der Waals surface area contributed by atoms with E-state index in [0.717, 1.165) is 42.5 Å². The Labute approximate surface area is 129 Å². The van der Waals surface area contributed by atoms with Crippen molar-refractivity contribution in [2.75, 3.05) is 6.61 Å². The topological polar surface area (TPSA) is 35.2 Å². The van der Waals surface area contributed by atoms with Gasteiger partial charge in [-0.15, -0.1) is 0 Å². The third kappa shape index (κ3) is 2.94. The molecule has 3 heteroatoms. The fourth-order valence-corrected chi connectivity index (χ4v) is 4.14. The number of fused-ring (bicyclic) bond motifs is 1. The van der Waals surface area contributed by atoms with Gasteiger partial charge in [-0.2, -0.15) is 0 Å². The second-order valence-corrected chi connectivity index (χ2v) is 7.78. The summed E-state index contributed by atoms with van der Waals surface area (Å²) in [4.78, 5) is 0. The number of nitrogens with two attached hydrogens (primary N) is 1. The van der Waals surface area contributed by atoms with E-state index < -0.39 is 0 Å². The van der Waals surface area contributed by atoms with Crippen LogP contribution in [0.4, 0.5) is 0 Å². The summed E-state index contributed by atoms with van der Waals surface area (Å²) in [5.74, 6) is 1.10. The molecule has 0 saturated carbocycles. The van der Waals surface area contributed by atoms with Crippen molar-refractivity contribution in [2.24, 2.45) is 11.1 Å². The fraction of sp³-hybridized carbons (Fsp3) is 0.529. The van der Waals surface area contributed by atoms with Crippen LogP contribution in [0, 0.1) is 5.41 Å². The first kappa shape index (κ1) is 14.2. The van der Waals surface area contributed by atoms with E-state index in [1.807, 2.05) is 0 Å². The molecular weight excluding hydrogens is 314 g/mol. The van der Waals surface area contributed by atoms with Crippen LogP contribution in [0.5, 0.6) is 5.75 Å². The van der Waals surface area contributed by atoms with Crippen molar-refractivity contribution in [2.45, 2.75) is 45.6 Å². The Kier molecular flexibility index (Phi) is 3.67. The summed E-state index contributed by atoms with van der Waals surface area (Å²) in [6.45, 7) is 5.42. The molecule has 0 radical (unpaired) electrons. The van der Waals surface area contributed by atoms with E-state index in [0.29, 0.717) is 5.41 Å². The summed E-state index contributed by atoms with van der Waals surface area (Å²) >= 11 is 3.62. The minimum atomic E-state index is 0.190. The first-order valence-corrected chi connectivity index (χ1v) is 8.11. The lowest BCUT2D eigenvalue weighted by Gasteiger charge is -2.33. The van der Waals surface area contributed by atoms with E-state index in [9.17, 15) is 0 Å². The Morgan fingerprint density at radius 2 is 2.20 bits per heavy atom. The van der Waals surface area contributed by atoms with E-state index in [1.165, 1.54) is 16.7 Å². The highest BCUT2D eigenvalue weighted by Crippen LogP contribution is 2.39. The van der Waals surface area contributed by atoms with Crippen LogP contribution in [0.2, 0.25) is 0 Å². The summed E-state index contributed by atoms with van der Waals surface area (Å²) in [6, 6.07) is 4.56. The quantitative estimate of drug-likeness (QED) is 0.829. The zero-order valence-electron chi connectivity index (χ0n) is 12.2. The van der Waals surface area contributed by atoms with Crippen molar-refractivity contribution in [1.29, 1.82) is 0 Å². The van der Waals surface area contributed by atoms with Crippen molar-refractivity contribution in [1.82, 2.24) is 0 Å². The molecule has 1 aliphatic carbocycles. The molecule has 0 spiro atoms. The van der Waals surface area contributed by atoms with Crippen molar-refractivity contribution in [3.05, 3.63) is 39.4 Å². The van der Waals surface area contributed by atoms with Gasteiger partial charge in [-0.3, -0.25) is 0 Å². The Morgan fingerprint density at radius 3 is 2.95 bits per heavy atom. The number of halogens is 1. The summed E-state index contributed by atoms with van der Waals surface area (Å²) in [6.07, 6.45) is 6.43. The smallest absolute Gasteiger partial charge is 0.126 e. The highest BCUT2D eigenvalue weighted by molar-refractivity contribution is 9.10. The molecule has 0 bridgehead atoms. The molecule has 0 amide bonds. The largest absolute Gasteiger partial charge is 0.493 e. The normalized spacial score (nSPS) is 24.0. The molecule has 2 aliphatic rings. The van der Waals surface area contributed by atoms with Gasteiger partial charge < -0.3 is 10.5 Å². The predicted molar refractivity (Wildman–Crippen MR) is 86.1 cm³/mol. The number of allylic oxidation sites excluding steroid dienone is 1. The first-order valence-electron chi connectivity index (χ1n) is 7.32. The second-order valence-electron chi connectivity index (χ2n) is 6.86. The van der Waals surface area contributed by atoms with Crippen LogP contribution in [0.1, 0.15) is 37.8 Å². The lowest BCUT2D eigenvalue weighted by molar-refractivity contribution is 0.299. The van der Waals surface area contributed by atoms with E-state index in [-0.39, 0.29) is 6.04 Å². The number of hydrogen-bond acceptors (Lipinski definition) is 2. The minimum Gasteiger partial charge on any atom is -0.493 e. The molecule has 1 aromatic rings. The van der Waals surface area contributed by atoms with Crippen LogP contribution < -0.4 is 10.5 Å². The van der Waals surface area contributed by atoms with Gasteiger partial charge in [0.2, 0.25) is 0 Å². The van der Waals surface area contributed by atoms with Gasteiger partial charge >= 0.3 is 0 Å². The maximum absolute atomic E-state index is 6.18. The highest BCUT2D eigenvalue weighted by atomic mass is 79.9. The lowest BCUT2D eigenvalue weighted by Crippen LogP contribution is -2.31. The maximum atomic E-state index is 6.18. The minimum absolute atomic E-state index is 0.190. The van der Waals surface area contributed by atoms with E-state index in [2.05, 4.69) is 48.0 Å². The molecule has 1 unspecified atom stereocenters. The molecule has 3 rings (SSSR count). The third-order valence-electron chi connectivity index (χ3n) is 4.19. The molecule has 2 nitrogen and oxygen atoms in total. The average Bonchev–Trinajstić information content (AvgIpc) is 2.73. The molecule has 0 saturated heterocycles. The van der Waals surface area contributed by atoms with Gasteiger partial charge in [-0.1, -0.05) is 41.4 Å². The van der Waals surface area contributed by atoms with Gasteiger partial charge in [0.15, 0.2) is 0 Å². The SMILES string of the molecule is CC1(C)CC(Cc2cc(Br)cc3c2OCC3)=CC(N)C1. The van der Waals surface area contributed by atoms with E-state index in [4.69, 9.17) is 10.5 Å². The fourth-order valence-electron chi connectivity index (χ4n) is 3.59. The Morgan fingerprint density at radius 1 is 1.40 bits per heavy atom. The predicted octanol–water partition coefficient (Wildman–Crippen LogP) is 4.00.